The lowest BCUT2D eigenvalue weighted by atomic mass is 9.87. The summed E-state index contributed by atoms with van der Waals surface area (Å²) in [5, 5.41) is 19.2. The van der Waals surface area contributed by atoms with Crippen LogP contribution >= 0.6 is 27.5 Å². The largest absolute Gasteiger partial charge is 0.382 e. The number of aliphatic hydroxyl groups excluding tert-OH is 1. The number of carbonyl (C=O) groups is 1. The minimum absolute atomic E-state index is 0.0496. The molecule has 5 rings (SSSR count). The van der Waals surface area contributed by atoms with Crippen LogP contribution in [0, 0.1) is 5.82 Å². The lowest BCUT2D eigenvalue weighted by molar-refractivity contribution is 0.0308. The zero-order valence-corrected chi connectivity index (χ0v) is 23.6. The number of hydrogen-bond donors (Lipinski definition) is 1. The highest BCUT2D eigenvalue weighted by atomic mass is 79.9. The molecule has 4 aromatic rings. The molecule has 1 aliphatic heterocycles. The van der Waals surface area contributed by atoms with Gasteiger partial charge >= 0.3 is 0 Å². The molecule has 39 heavy (non-hydrogen) atoms. The van der Waals surface area contributed by atoms with Crippen LogP contribution in [0.2, 0.25) is 5.02 Å². The number of amides is 1. The fourth-order valence-corrected chi connectivity index (χ4v) is 5.40. The van der Waals surface area contributed by atoms with Crippen LogP contribution < -0.4 is 5.56 Å². The van der Waals surface area contributed by atoms with Crippen LogP contribution in [0.4, 0.5) is 4.39 Å². The predicted molar refractivity (Wildman–Crippen MR) is 149 cm³/mol. The van der Waals surface area contributed by atoms with E-state index < -0.39 is 17.5 Å². The fraction of sp³-hybridized carbons (Fsp3) is 0.286. The van der Waals surface area contributed by atoms with Crippen molar-refractivity contribution in [2.45, 2.75) is 44.4 Å². The van der Waals surface area contributed by atoms with Crippen molar-refractivity contribution in [2.24, 2.45) is 0 Å². The van der Waals surface area contributed by atoms with E-state index in [-0.39, 0.29) is 33.8 Å². The van der Waals surface area contributed by atoms with E-state index in [1.807, 2.05) is 32.0 Å². The Bertz CT molecular complexity index is 1600. The molecule has 0 spiro atoms. The van der Waals surface area contributed by atoms with Crippen molar-refractivity contribution in [1.82, 2.24) is 24.5 Å². The molecule has 1 N–H and O–H groups in total. The van der Waals surface area contributed by atoms with Crippen LogP contribution in [-0.2, 0) is 0 Å². The molecule has 0 radical (unpaired) electrons. The van der Waals surface area contributed by atoms with Crippen molar-refractivity contribution in [1.29, 1.82) is 0 Å². The van der Waals surface area contributed by atoms with Crippen LogP contribution in [0.25, 0.3) is 5.69 Å². The van der Waals surface area contributed by atoms with E-state index in [4.69, 9.17) is 11.6 Å². The first-order valence-electron chi connectivity index (χ1n) is 12.4. The third-order valence-electron chi connectivity index (χ3n) is 7.14. The topological polar surface area (TPSA) is 93.2 Å². The number of pyridine rings is 1. The fourth-order valence-electron chi connectivity index (χ4n) is 4.85. The quantitative estimate of drug-likeness (QED) is 0.329. The summed E-state index contributed by atoms with van der Waals surface area (Å²) in [6.45, 7) is 4.35. The zero-order valence-electron chi connectivity index (χ0n) is 21.3. The van der Waals surface area contributed by atoms with E-state index in [1.54, 1.807) is 34.1 Å². The highest BCUT2D eigenvalue weighted by Crippen LogP contribution is 2.34. The number of benzene rings is 2. The van der Waals surface area contributed by atoms with Crippen LogP contribution in [0.1, 0.15) is 60.5 Å². The number of carbonyl (C=O) groups excluding carboxylic acids is 1. The number of hydrogen-bond acceptors (Lipinski definition) is 5. The Hall–Kier alpha value is -3.34. The average molecular weight is 615 g/mol. The first kappa shape index (κ1) is 27.2. The Labute approximate surface area is 237 Å². The maximum Gasteiger partial charge on any atom is 0.255 e. The minimum atomic E-state index is -1.31. The van der Waals surface area contributed by atoms with Crippen molar-refractivity contribution in [3.63, 3.8) is 0 Å². The summed E-state index contributed by atoms with van der Waals surface area (Å²) < 4.78 is 18.2. The summed E-state index contributed by atoms with van der Waals surface area (Å²) >= 11 is 9.25. The smallest absolute Gasteiger partial charge is 0.255 e. The molecular formula is C28H26BrClFN5O3. The standard InChI is InChI=1S/C28H26BrClFN5O3/c1-28(2)11-10-21(36-16-24(32-33-36)26(38)22-8-7-19(30)13-23(22)31)15-35(28)27(39)17-6-9-25(37)34(14-17)20-5-3-4-18(29)12-20/h3-9,12-14,16,21,26,38H,10-11,15H2,1-2H3. The Balaban J connectivity index is 1.40. The summed E-state index contributed by atoms with van der Waals surface area (Å²) in [7, 11) is 0. The molecule has 202 valence electrons. The normalized spacial score (nSPS) is 17.7. The molecule has 0 aliphatic carbocycles. The van der Waals surface area contributed by atoms with Crippen LogP contribution in [0.3, 0.4) is 0 Å². The molecule has 0 bridgehead atoms. The number of nitrogens with zero attached hydrogens (tertiary/aromatic N) is 5. The van der Waals surface area contributed by atoms with Gasteiger partial charge in [-0.25, -0.2) is 9.07 Å². The number of halogens is 3. The van der Waals surface area contributed by atoms with Gasteiger partial charge in [0, 0.05) is 45.1 Å². The molecule has 2 aromatic heterocycles. The van der Waals surface area contributed by atoms with E-state index in [2.05, 4.69) is 26.2 Å². The van der Waals surface area contributed by atoms with Gasteiger partial charge in [0.25, 0.3) is 11.5 Å². The molecule has 0 saturated carbocycles. The number of aromatic nitrogens is 4. The monoisotopic (exact) mass is 613 g/mol. The SMILES string of the molecule is CC1(C)CCC(n2cc(C(O)c3ccc(Cl)cc3F)nn2)CN1C(=O)c1ccc(=O)n(-c2cccc(Br)c2)c1. The maximum atomic E-state index is 14.3. The van der Waals surface area contributed by atoms with Gasteiger partial charge in [-0.05, 0) is 63.1 Å². The molecule has 2 unspecified atom stereocenters. The summed E-state index contributed by atoms with van der Waals surface area (Å²) in [5.74, 6) is -0.845. The van der Waals surface area contributed by atoms with Gasteiger partial charge in [-0.1, -0.05) is 44.9 Å². The summed E-state index contributed by atoms with van der Waals surface area (Å²) in [5.41, 5.74) is 0.585. The Morgan fingerprint density at radius 3 is 2.72 bits per heavy atom. The van der Waals surface area contributed by atoms with Crippen molar-refractivity contribution in [3.8, 4) is 5.69 Å². The molecule has 2 atom stereocenters. The lowest BCUT2D eigenvalue weighted by Crippen LogP contribution is -2.53. The molecule has 1 saturated heterocycles. The van der Waals surface area contributed by atoms with Gasteiger partial charge in [-0.15, -0.1) is 5.10 Å². The van der Waals surface area contributed by atoms with Crippen LogP contribution in [0.5, 0.6) is 0 Å². The molecule has 8 nitrogen and oxygen atoms in total. The minimum Gasteiger partial charge on any atom is -0.382 e. The molecule has 11 heteroatoms. The first-order chi connectivity index (χ1) is 18.5. The third kappa shape index (κ3) is 5.54. The number of aliphatic hydroxyl groups is 1. The van der Waals surface area contributed by atoms with Crippen LogP contribution in [-0.4, -0.2) is 47.6 Å². The van der Waals surface area contributed by atoms with E-state index in [0.29, 0.717) is 24.2 Å². The van der Waals surface area contributed by atoms with Gasteiger partial charge < -0.3 is 10.0 Å². The van der Waals surface area contributed by atoms with E-state index in [1.165, 1.54) is 22.8 Å². The Morgan fingerprint density at radius 2 is 1.97 bits per heavy atom. The lowest BCUT2D eigenvalue weighted by Gasteiger charge is -2.45. The number of piperidine rings is 1. The van der Waals surface area contributed by atoms with Gasteiger partial charge in [0.15, 0.2) is 0 Å². The second-order valence-corrected chi connectivity index (χ2v) is 11.6. The van der Waals surface area contributed by atoms with Crippen molar-refractivity contribution in [2.75, 3.05) is 6.54 Å². The van der Waals surface area contributed by atoms with Gasteiger partial charge in [-0.3, -0.25) is 14.2 Å². The Kier molecular flexibility index (Phi) is 7.45. The molecule has 3 heterocycles. The highest BCUT2D eigenvalue weighted by Gasteiger charge is 2.39. The maximum absolute atomic E-state index is 14.3. The molecule has 1 fully saturated rings. The van der Waals surface area contributed by atoms with E-state index in [9.17, 15) is 19.1 Å². The summed E-state index contributed by atoms with van der Waals surface area (Å²) in [6.07, 6.45) is 3.25. The van der Waals surface area contributed by atoms with E-state index in [0.717, 1.165) is 17.0 Å². The number of rotatable bonds is 5. The van der Waals surface area contributed by atoms with Gasteiger partial charge in [-0.2, -0.15) is 0 Å². The molecular weight excluding hydrogens is 589 g/mol. The summed E-state index contributed by atoms with van der Waals surface area (Å²) in [6, 6.07) is 14.1. The molecule has 2 aromatic carbocycles. The Morgan fingerprint density at radius 1 is 1.18 bits per heavy atom. The zero-order chi connectivity index (χ0) is 27.9. The average Bonchev–Trinajstić information content (AvgIpc) is 3.38. The number of likely N-dealkylation sites (tertiary alicyclic amines) is 1. The third-order valence-corrected chi connectivity index (χ3v) is 7.87. The second-order valence-electron chi connectivity index (χ2n) is 10.2. The van der Waals surface area contributed by atoms with E-state index >= 15 is 0 Å². The highest BCUT2D eigenvalue weighted by molar-refractivity contribution is 9.10. The predicted octanol–water partition coefficient (Wildman–Crippen LogP) is 5.32. The van der Waals surface area contributed by atoms with Gasteiger partial charge in [0.1, 0.15) is 17.6 Å². The van der Waals surface area contributed by atoms with Crippen molar-refractivity contribution < 1.29 is 14.3 Å². The molecule has 1 amide bonds. The van der Waals surface area contributed by atoms with Crippen molar-refractivity contribution >= 4 is 33.4 Å². The second kappa shape index (κ2) is 10.7. The van der Waals surface area contributed by atoms with Gasteiger partial charge in [0.2, 0.25) is 0 Å². The van der Waals surface area contributed by atoms with Crippen LogP contribution in [0.15, 0.2) is 76.3 Å². The molecule has 1 aliphatic rings. The van der Waals surface area contributed by atoms with Crippen molar-refractivity contribution in [3.05, 3.63) is 109 Å². The first-order valence-corrected chi connectivity index (χ1v) is 13.6. The van der Waals surface area contributed by atoms with Gasteiger partial charge in [0.05, 0.1) is 17.8 Å². The summed E-state index contributed by atoms with van der Waals surface area (Å²) in [4.78, 5) is 28.2.